The van der Waals surface area contributed by atoms with Crippen LogP contribution in [-0.4, -0.2) is 29.4 Å². The minimum Gasteiger partial charge on any atom is -0.493 e. The summed E-state index contributed by atoms with van der Waals surface area (Å²) in [5.74, 6) is -0.731. The van der Waals surface area contributed by atoms with E-state index in [1.807, 2.05) is 60.7 Å². The Balaban J connectivity index is 1.50. The highest BCUT2D eigenvalue weighted by Crippen LogP contribution is 2.34. The van der Waals surface area contributed by atoms with Crippen LogP contribution in [0, 0.1) is 11.3 Å². The van der Waals surface area contributed by atoms with Crippen LogP contribution in [-0.2, 0) is 4.79 Å². The first-order valence-corrected chi connectivity index (χ1v) is 15.0. The van der Waals surface area contributed by atoms with Gasteiger partial charge in [-0.1, -0.05) is 98.5 Å². The second kappa shape index (κ2) is 17.1. The van der Waals surface area contributed by atoms with Crippen molar-refractivity contribution in [3.05, 3.63) is 125 Å². The molecule has 0 aromatic heterocycles. The Morgan fingerprint density at radius 1 is 0.727 bits per heavy atom. The summed E-state index contributed by atoms with van der Waals surface area (Å²) in [7, 11) is 0. The van der Waals surface area contributed by atoms with E-state index in [2.05, 4.69) is 53.4 Å². The van der Waals surface area contributed by atoms with Gasteiger partial charge in [0.1, 0.15) is 17.4 Å². The van der Waals surface area contributed by atoms with E-state index in [1.54, 1.807) is 12.1 Å². The van der Waals surface area contributed by atoms with E-state index >= 15 is 0 Å². The third-order valence-corrected chi connectivity index (χ3v) is 7.15. The molecule has 4 rings (SSSR count). The summed E-state index contributed by atoms with van der Waals surface area (Å²) in [6, 6.07) is 36.2. The molecule has 0 amide bonds. The van der Waals surface area contributed by atoms with Crippen molar-refractivity contribution in [3.63, 3.8) is 0 Å². The van der Waals surface area contributed by atoms with Crippen molar-refractivity contribution >= 4 is 41.3 Å². The molecule has 0 atom stereocenters. The summed E-state index contributed by atoms with van der Waals surface area (Å²) in [6.07, 6.45) is 11.3. The summed E-state index contributed by atoms with van der Waals surface area (Å²) in [5, 5.41) is 27.5. The standard InChI is InChI=1S/C38H38N2O4/c39-29-33(38(42)43)28-32-22-19-31(27-37(32)44-26-12-4-2-1-3-11-25-41)18-17-30-20-23-36(24-21-30)40(34-13-7-5-8-14-34)35-15-9-6-10-16-35/h5-10,13-24,27-28,41H,1-4,11-12,25-26H2,(H,42,43)/b18-17+,33-28-. The van der Waals surface area contributed by atoms with Gasteiger partial charge in [-0.25, -0.2) is 4.79 Å². The molecule has 0 bridgehead atoms. The maximum atomic E-state index is 11.4. The number of nitrogens with zero attached hydrogens (tertiary/aromatic N) is 2. The van der Waals surface area contributed by atoms with E-state index < -0.39 is 5.97 Å². The van der Waals surface area contributed by atoms with Gasteiger partial charge in [-0.2, -0.15) is 5.26 Å². The van der Waals surface area contributed by atoms with E-state index in [-0.39, 0.29) is 12.2 Å². The minimum absolute atomic E-state index is 0.234. The van der Waals surface area contributed by atoms with Crippen molar-refractivity contribution in [1.82, 2.24) is 0 Å². The highest BCUT2D eigenvalue weighted by atomic mass is 16.5. The lowest BCUT2D eigenvalue weighted by atomic mass is 10.1. The van der Waals surface area contributed by atoms with E-state index in [1.165, 1.54) is 6.08 Å². The minimum atomic E-state index is -1.27. The van der Waals surface area contributed by atoms with Crippen LogP contribution >= 0.6 is 0 Å². The second-order valence-electron chi connectivity index (χ2n) is 10.4. The number of ether oxygens (including phenoxy) is 1. The van der Waals surface area contributed by atoms with Crippen LogP contribution in [0.25, 0.3) is 18.2 Å². The average molecular weight is 587 g/mol. The number of para-hydroxylation sites is 2. The second-order valence-corrected chi connectivity index (χ2v) is 10.4. The van der Waals surface area contributed by atoms with Gasteiger partial charge in [0.25, 0.3) is 0 Å². The number of carbonyl (C=O) groups is 1. The van der Waals surface area contributed by atoms with Gasteiger partial charge in [0, 0.05) is 29.2 Å². The lowest BCUT2D eigenvalue weighted by molar-refractivity contribution is -0.132. The van der Waals surface area contributed by atoms with Crippen molar-refractivity contribution in [3.8, 4) is 11.8 Å². The van der Waals surface area contributed by atoms with Crippen molar-refractivity contribution in [1.29, 1.82) is 5.26 Å². The Labute approximate surface area is 259 Å². The van der Waals surface area contributed by atoms with Gasteiger partial charge in [-0.05, 0) is 72.5 Å². The number of nitriles is 1. The van der Waals surface area contributed by atoms with Crippen molar-refractivity contribution < 1.29 is 19.7 Å². The number of aliphatic hydroxyl groups is 1. The lowest BCUT2D eigenvalue weighted by Gasteiger charge is -2.25. The third-order valence-electron chi connectivity index (χ3n) is 7.15. The van der Waals surface area contributed by atoms with Crippen LogP contribution in [0.2, 0.25) is 0 Å². The number of aliphatic hydroxyl groups excluding tert-OH is 1. The fourth-order valence-electron chi connectivity index (χ4n) is 4.83. The third kappa shape index (κ3) is 9.45. The first-order chi connectivity index (χ1) is 21.6. The average Bonchev–Trinajstić information content (AvgIpc) is 3.06. The number of hydrogen-bond donors (Lipinski definition) is 2. The van der Waals surface area contributed by atoms with E-state index in [0.29, 0.717) is 17.9 Å². The van der Waals surface area contributed by atoms with Crippen LogP contribution in [0.5, 0.6) is 5.75 Å². The summed E-state index contributed by atoms with van der Waals surface area (Å²) in [6.45, 7) is 0.724. The SMILES string of the molecule is N#C/C(=C/c1ccc(/C=C/c2ccc(N(c3ccccc3)c3ccccc3)cc2)cc1OCCCCCCCCO)C(=O)O. The predicted octanol–water partition coefficient (Wildman–Crippen LogP) is 9.03. The molecule has 0 radical (unpaired) electrons. The zero-order valence-corrected chi connectivity index (χ0v) is 24.8. The maximum absolute atomic E-state index is 11.4. The normalized spacial score (nSPS) is 11.3. The fourth-order valence-corrected chi connectivity index (χ4v) is 4.83. The molecule has 0 aliphatic heterocycles. The summed E-state index contributed by atoms with van der Waals surface area (Å²) in [4.78, 5) is 13.7. The molecule has 44 heavy (non-hydrogen) atoms. The zero-order chi connectivity index (χ0) is 31.0. The van der Waals surface area contributed by atoms with Gasteiger partial charge >= 0.3 is 5.97 Å². The van der Waals surface area contributed by atoms with Crippen LogP contribution in [0.1, 0.15) is 55.2 Å². The van der Waals surface area contributed by atoms with Gasteiger partial charge in [0.2, 0.25) is 0 Å². The number of carboxylic acid groups (broad SMARTS) is 1. The molecular weight excluding hydrogens is 548 g/mol. The molecule has 0 aliphatic carbocycles. The highest BCUT2D eigenvalue weighted by Gasteiger charge is 2.12. The van der Waals surface area contributed by atoms with Crippen LogP contribution in [0.3, 0.4) is 0 Å². The molecule has 6 heteroatoms. The monoisotopic (exact) mass is 586 g/mol. The summed E-state index contributed by atoms with van der Waals surface area (Å²) < 4.78 is 6.08. The van der Waals surface area contributed by atoms with Gasteiger partial charge in [0.15, 0.2) is 0 Å². The molecule has 0 saturated heterocycles. The smallest absolute Gasteiger partial charge is 0.346 e. The molecule has 0 fully saturated rings. The Morgan fingerprint density at radius 3 is 1.86 bits per heavy atom. The molecule has 0 unspecified atom stereocenters. The number of rotatable bonds is 16. The van der Waals surface area contributed by atoms with Crippen LogP contribution in [0.15, 0.2) is 109 Å². The molecule has 0 saturated carbocycles. The quantitative estimate of drug-likeness (QED) is 0.0589. The molecule has 224 valence electrons. The van der Waals surface area contributed by atoms with Gasteiger partial charge < -0.3 is 19.8 Å². The Hall–Kier alpha value is -5.12. The summed E-state index contributed by atoms with van der Waals surface area (Å²) >= 11 is 0. The molecule has 2 N–H and O–H groups in total. The molecule has 0 spiro atoms. The maximum Gasteiger partial charge on any atom is 0.346 e. The summed E-state index contributed by atoms with van der Waals surface area (Å²) in [5.41, 5.74) is 5.33. The molecule has 4 aromatic carbocycles. The number of unbranched alkanes of at least 4 members (excludes halogenated alkanes) is 5. The van der Waals surface area contributed by atoms with E-state index in [4.69, 9.17) is 9.84 Å². The Bertz CT molecular complexity index is 1530. The van der Waals surface area contributed by atoms with E-state index in [0.717, 1.165) is 66.7 Å². The molecular formula is C38H38N2O4. The molecule has 4 aromatic rings. The van der Waals surface area contributed by atoms with E-state index in [9.17, 15) is 15.2 Å². The number of aliphatic carboxylic acids is 1. The Morgan fingerprint density at radius 2 is 1.27 bits per heavy atom. The van der Waals surface area contributed by atoms with Gasteiger partial charge in [0.05, 0.1) is 6.61 Å². The van der Waals surface area contributed by atoms with Crippen molar-refractivity contribution in [2.45, 2.75) is 38.5 Å². The number of benzene rings is 4. The Kier molecular flexibility index (Phi) is 12.4. The van der Waals surface area contributed by atoms with Crippen LogP contribution in [0.4, 0.5) is 17.1 Å². The van der Waals surface area contributed by atoms with Gasteiger partial charge in [-0.3, -0.25) is 0 Å². The zero-order valence-electron chi connectivity index (χ0n) is 24.8. The highest BCUT2D eigenvalue weighted by molar-refractivity contribution is 5.97. The predicted molar refractivity (Wildman–Crippen MR) is 178 cm³/mol. The first kappa shape index (κ1) is 31.8. The molecule has 0 heterocycles. The molecule has 0 aliphatic rings. The first-order valence-electron chi connectivity index (χ1n) is 15.0. The number of carboxylic acids is 1. The number of hydrogen-bond acceptors (Lipinski definition) is 5. The van der Waals surface area contributed by atoms with Crippen LogP contribution < -0.4 is 9.64 Å². The fraction of sp³-hybridized carbons (Fsp3) is 0.211. The largest absolute Gasteiger partial charge is 0.493 e. The lowest BCUT2D eigenvalue weighted by Crippen LogP contribution is -2.09. The molecule has 6 nitrogen and oxygen atoms in total. The topological polar surface area (TPSA) is 93.8 Å². The number of anilines is 3. The van der Waals surface area contributed by atoms with Gasteiger partial charge in [-0.15, -0.1) is 0 Å². The van der Waals surface area contributed by atoms with Crippen molar-refractivity contribution in [2.24, 2.45) is 0 Å². The van der Waals surface area contributed by atoms with Crippen molar-refractivity contribution in [2.75, 3.05) is 18.1 Å².